The maximum absolute atomic E-state index is 6.21. The fraction of sp³-hybridized carbons (Fsp3) is 1.00. The normalized spacial score (nSPS) is 30.5. The van der Waals surface area contributed by atoms with Gasteiger partial charge in [0.05, 0.1) is 0 Å². The van der Waals surface area contributed by atoms with Gasteiger partial charge in [-0.3, -0.25) is 4.90 Å². The zero-order chi connectivity index (χ0) is 12.4. The summed E-state index contributed by atoms with van der Waals surface area (Å²) >= 11 is 0. The van der Waals surface area contributed by atoms with Crippen molar-refractivity contribution < 1.29 is 0 Å². The molecular formula is C15H29N3. The lowest BCUT2D eigenvalue weighted by atomic mass is 9.89. The van der Waals surface area contributed by atoms with Gasteiger partial charge in [-0.25, -0.2) is 0 Å². The van der Waals surface area contributed by atoms with Gasteiger partial charge in [0.1, 0.15) is 0 Å². The van der Waals surface area contributed by atoms with Gasteiger partial charge in [0.25, 0.3) is 0 Å². The maximum atomic E-state index is 6.21. The second-order valence-corrected chi connectivity index (χ2v) is 6.94. The van der Waals surface area contributed by atoms with E-state index in [0.717, 1.165) is 12.5 Å². The fourth-order valence-electron chi connectivity index (χ4n) is 3.63. The average Bonchev–Trinajstić information content (AvgIpc) is 3.11. The summed E-state index contributed by atoms with van der Waals surface area (Å²) in [5.74, 6) is 0.995. The van der Waals surface area contributed by atoms with Gasteiger partial charge >= 0.3 is 0 Å². The molecule has 0 atom stereocenters. The van der Waals surface area contributed by atoms with Crippen LogP contribution in [0, 0.1) is 5.92 Å². The number of hydrogen-bond donors (Lipinski definition) is 1. The van der Waals surface area contributed by atoms with Gasteiger partial charge in [-0.1, -0.05) is 19.3 Å². The van der Waals surface area contributed by atoms with Crippen LogP contribution in [0.1, 0.15) is 44.9 Å². The second kappa shape index (κ2) is 5.48. The van der Waals surface area contributed by atoms with Crippen LogP contribution in [-0.2, 0) is 0 Å². The first-order valence-electron chi connectivity index (χ1n) is 7.97. The fourth-order valence-corrected chi connectivity index (χ4v) is 3.63. The Hall–Kier alpha value is -0.120. The van der Waals surface area contributed by atoms with E-state index in [4.69, 9.17) is 5.73 Å². The van der Waals surface area contributed by atoms with E-state index >= 15 is 0 Å². The summed E-state index contributed by atoms with van der Waals surface area (Å²) in [6.07, 6.45) is 9.87. The summed E-state index contributed by atoms with van der Waals surface area (Å²) in [5.41, 5.74) is 6.41. The smallest absolute Gasteiger partial charge is 0.0284 e. The van der Waals surface area contributed by atoms with Crippen LogP contribution in [0.3, 0.4) is 0 Å². The van der Waals surface area contributed by atoms with Gasteiger partial charge in [0.2, 0.25) is 0 Å². The van der Waals surface area contributed by atoms with E-state index in [0.29, 0.717) is 0 Å². The van der Waals surface area contributed by atoms with Crippen molar-refractivity contribution in [1.82, 2.24) is 9.80 Å². The van der Waals surface area contributed by atoms with Gasteiger partial charge < -0.3 is 10.6 Å². The average molecular weight is 251 g/mol. The van der Waals surface area contributed by atoms with Crippen LogP contribution in [-0.4, -0.2) is 54.6 Å². The lowest BCUT2D eigenvalue weighted by molar-refractivity contribution is 0.104. The van der Waals surface area contributed by atoms with Crippen LogP contribution in [0.4, 0.5) is 0 Å². The molecule has 0 amide bonds. The van der Waals surface area contributed by atoms with E-state index in [9.17, 15) is 0 Å². The minimum Gasteiger partial charge on any atom is -0.324 e. The maximum Gasteiger partial charge on any atom is 0.0284 e. The van der Waals surface area contributed by atoms with Crippen LogP contribution in [0.15, 0.2) is 0 Å². The highest BCUT2D eigenvalue weighted by Crippen LogP contribution is 2.33. The molecule has 0 spiro atoms. The number of rotatable bonds is 4. The third kappa shape index (κ3) is 3.46. The van der Waals surface area contributed by atoms with Gasteiger partial charge in [0, 0.05) is 44.8 Å². The molecule has 3 heteroatoms. The largest absolute Gasteiger partial charge is 0.324 e. The van der Waals surface area contributed by atoms with Crippen molar-refractivity contribution in [1.29, 1.82) is 0 Å². The molecule has 1 saturated heterocycles. The first-order valence-corrected chi connectivity index (χ1v) is 7.97. The topological polar surface area (TPSA) is 32.5 Å². The SMILES string of the molecule is NC1(CN2CCN(CC3CCCCC3)CC2)CC1. The van der Waals surface area contributed by atoms with Crippen molar-refractivity contribution in [2.24, 2.45) is 11.7 Å². The molecule has 3 nitrogen and oxygen atoms in total. The Bertz CT molecular complexity index is 261. The summed E-state index contributed by atoms with van der Waals surface area (Å²) in [7, 11) is 0. The Kier molecular flexibility index (Phi) is 3.92. The Morgan fingerprint density at radius 3 is 2.11 bits per heavy atom. The van der Waals surface area contributed by atoms with Crippen LogP contribution >= 0.6 is 0 Å². The summed E-state index contributed by atoms with van der Waals surface area (Å²) in [6, 6.07) is 0. The highest BCUT2D eigenvalue weighted by Gasteiger charge is 2.40. The van der Waals surface area contributed by atoms with Crippen molar-refractivity contribution in [2.45, 2.75) is 50.5 Å². The molecular weight excluding hydrogens is 222 g/mol. The molecule has 0 bridgehead atoms. The van der Waals surface area contributed by atoms with E-state index in [1.165, 1.54) is 77.7 Å². The number of nitrogens with zero attached hydrogens (tertiary/aromatic N) is 2. The minimum atomic E-state index is 0.200. The Morgan fingerprint density at radius 1 is 0.889 bits per heavy atom. The van der Waals surface area contributed by atoms with Crippen LogP contribution in [0.2, 0.25) is 0 Å². The molecule has 0 unspecified atom stereocenters. The second-order valence-electron chi connectivity index (χ2n) is 6.94. The quantitative estimate of drug-likeness (QED) is 0.825. The van der Waals surface area contributed by atoms with Crippen LogP contribution < -0.4 is 5.73 Å². The molecule has 2 saturated carbocycles. The lowest BCUT2D eigenvalue weighted by Gasteiger charge is -2.38. The summed E-state index contributed by atoms with van der Waals surface area (Å²) < 4.78 is 0. The van der Waals surface area contributed by atoms with Crippen molar-refractivity contribution in [2.75, 3.05) is 39.3 Å². The van der Waals surface area contributed by atoms with Gasteiger partial charge in [-0.15, -0.1) is 0 Å². The molecule has 104 valence electrons. The monoisotopic (exact) mass is 251 g/mol. The van der Waals surface area contributed by atoms with E-state index in [-0.39, 0.29) is 5.54 Å². The van der Waals surface area contributed by atoms with Crippen LogP contribution in [0.25, 0.3) is 0 Å². The van der Waals surface area contributed by atoms with Crippen molar-refractivity contribution in [3.63, 3.8) is 0 Å². The third-order valence-electron chi connectivity index (χ3n) is 5.14. The third-order valence-corrected chi connectivity index (χ3v) is 5.14. The molecule has 0 aromatic rings. The predicted molar refractivity (Wildman–Crippen MR) is 75.6 cm³/mol. The van der Waals surface area contributed by atoms with E-state index in [2.05, 4.69) is 9.80 Å². The standard InChI is InChI=1S/C15H29N3/c16-15(6-7-15)13-18-10-8-17(9-11-18)12-14-4-2-1-3-5-14/h14H,1-13,16H2. The molecule has 2 N–H and O–H groups in total. The molecule has 0 aromatic carbocycles. The van der Waals surface area contributed by atoms with E-state index in [1.807, 2.05) is 0 Å². The minimum absolute atomic E-state index is 0.200. The highest BCUT2D eigenvalue weighted by molar-refractivity contribution is 5.01. The lowest BCUT2D eigenvalue weighted by Crippen LogP contribution is -2.51. The number of piperazine rings is 1. The predicted octanol–water partition coefficient (Wildman–Crippen LogP) is 1.68. The number of hydrogen-bond acceptors (Lipinski definition) is 3. The molecule has 0 radical (unpaired) electrons. The van der Waals surface area contributed by atoms with Crippen molar-refractivity contribution >= 4 is 0 Å². The van der Waals surface area contributed by atoms with Gasteiger partial charge in [-0.05, 0) is 31.6 Å². The summed E-state index contributed by atoms with van der Waals surface area (Å²) in [6.45, 7) is 7.53. The Morgan fingerprint density at radius 2 is 1.50 bits per heavy atom. The molecule has 18 heavy (non-hydrogen) atoms. The molecule has 3 aliphatic rings. The van der Waals surface area contributed by atoms with Crippen molar-refractivity contribution in [3.8, 4) is 0 Å². The summed E-state index contributed by atoms with van der Waals surface area (Å²) in [4.78, 5) is 5.28. The zero-order valence-electron chi connectivity index (χ0n) is 11.7. The first kappa shape index (κ1) is 12.9. The van der Waals surface area contributed by atoms with Gasteiger partial charge in [0.15, 0.2) is 0 Å². The first-order chi connectivity index (χ1) is 8.73. The molecule has 0 aromatic heterocycles. The van der Waals surface area contributed by atoms with E-state index < -0.39 is 0 Å². The Balaban J connectivity index is 1.37. The zero-order valence-corrected chi connectivity index (χ0v) is 11.7. The van der Waals surface area contributed by atoms with Crippen molar-refractivity contribution in [3.05, 3.63) is 0 Å². The highest BCUT2D eigenvalue weighted by atomic mass is 15.3. The van der Waals surface area contributed by atoms with E-state index in [1.54, 1.807) is 0 Å². The summed E-state index contributed by atoms with van der Waals surface area (Å²) in [5, 5.41) is 0. The molecule has 1 heterocycles. The molecule has 1 aliphatic heterocycles. The molecule has 3 rings (SSSR count). The number of nitrogens with two attached hydrogens (primary N) is 1. The van der Waals surface area contributed by atoms with Crippen LogP contribution in [0.5, 0.6) is 0 Å². The Labute approximate surface area is 112 Å². The molecule has 2 aliphatic carbocycles. The molecule has 3 fully saturated rings. The van der Waals surface area contributed by atoms with Gasteiger partial charge in [-0.2, -0.15) is 0 Å².